The van der Waals surface area contributed by atoms with Gasteiger partial charge in [-0.15, -0.1) is 0 Å². The molecule has 0 aliphatic heterocycles. The molecule has 156 valence electrons. The number of aliphatic imine (C=N–C) groups is 1. The molecule has 1 heterocycles. The van der Waals surface area contributed by atoms with Crippen molar-refractivity contribution < 1.29 is 9.21 Å². The predicted molar refractivity (Wildman–Crippen MR) is 115 cm³/mol. The van der Waals surface area contributed by atoms with E-state index in [9.17, 15) is 4.79 Å². The van der Waals surface area contributed by atoms with Crippen LogP contribution in [0.2, 0.25) is 0 Å². The molecule has 0 unspecified atom stereocenters. The first-order chi connectivity index (χ1) is 14.1. The lowest BCUT2D eigenvalue weighted by atomic mass is 10.1. The lowest BCUT2D eigenvalue weighted by Crippen LogP contribution is -2.40. The number of amides is 1. The summed E-state index contributed by atoms with van der Waals surface area (Å²) in [6.45, 7) is 5.74. The first-order valence-electron chi connectivity index (χ1n) is 10.5. The second-order valence-corrected chi connectivity index (χ2v) is 7.43. The molecule has 7 nitrogen and oxygen atoms in total. The highest BCUT2D eigenvalue weighted by molar-refractivity contribution is 5.81. The van der Waals surface area contributed by atoms with Gasteiger partial charge in [-0.2, -0.15) is 0 Å². The Hall–Kier alpha value is -2.83. The molecule has 29 heavy (non-hydrogen) atoms. The lowest BCUT2D eigenvalue weighted by molar-refractivity contribution is -0.121. The van der Waals surface area contributed by atoms with Gasteiger partial charge in [0.2, 0.25) is 11.8 Å². The van der Waals surface area contributed by atoms with Crippen molar-refractivity contribution in [3.63, 3.8) is 0 Å². The van der Waals surface area contributed by atoms with Crippen molar-refractivity contribution in [2.75, 3.05) is 13.1 Å². The van der Waals surface area contributed by atoms with Gasteiger partial charge < -0.3 is 20.4 Å². The van der Waals surface area contributed by atoms with E-state index in [0.717, 1.165) is 30.6 Å². The molecule has 0 radical (unpaired) electrons. The second kappa shape index (κ2) is 10.6. The maximum atomic E-state index is 12.0. The summed E-state index contributed by atoms with van der Waals surface area (Å²) in [6.07, 6.45) is 6.71. The number of hydrogen-bond donors (Lipinski definition) is 3. The van der Waals surface area contributed by atoms with E-state index in [1.807, 2.05) is 38.1 Å². The molecule has 1 amide bonds. The van der Waals surface area contributed by atoms with Gasteiger partial charge in [-0.3, -0.25) is 4.79 Å². The SMILES string of the molecule is CCNC(=NCc1coc(-c2ccc(C)cc2)n1)NCCC(=O)NC1CCCC1. The lowest BCUT2D eigenvalue weighted by Gasteiger charge is -2.13. The van der Waals surface area contributed by atoms with Gasteiger partial charge in [-0.25, -0.2) is 9.98 Å². The number of carbonyl (C=O) groups is 1. The molecule has 0 bridgehead atoms. The summed E-state index contributed by atoms with van der Waals surface area (Å²) in [5.74, 6) is 1.36. The summed E-state index contributed by atoms with van der Waals surface area (Å²) in [5.41, 5.74) is 2.91. The van der Waals surface area contributed by atoms with Gasteiger partial charge in [0.1, 0.15) is 12.0 Å². The van der Waals surface area contributed by atoms with E-state index in [4.69, 9.17) is 4.42 Å². The summed E-state index contributed by atoms with van der Waals surface area (Å²) in [5, 5.41) is 9.51. The number of nitrogens with one attached hydrogen (secondary N) is 3. The Morgan fingerprint density at radius 2 is 1.97 bits per heavy atom. The van der Waals surface area contributed by atoms with E-state index < -0.39 is 0 Å². The second-order valence-electron chi connectivity index (χ2n) is 7.43. The Labute approximate surface area is 172 Å². The van der Waals surface area contributed by atoms with Crippen molar-refractivity contribution in [3.05, 3.63) is 41.8 Å². The molecular weight excluding hydrogens is 366 g/mol. The first kappa shape index (κ1) is 20.9. The van der Waals surface area contributed by atoms with Gasteiger partial charge in [0.25, 0.3) is 0 Å². The normalized spacial score (nSPS) is 14.8. The van der Waals surface area contributed by atoms with Crippen molar-refractivity contribution in [2.45, 2.75) is 58.5 Å². The summed E-state index contributed by atoms with van der Waals surface area (Å²) < 4.78 is 5.58. The Kier molecular flexibility index (Phi) is 7.67. The standard InChI is InChI=1S/C22H31N5O2/c1-3-23-22(24-13-12-20(28)26-18-6-4-5-7-18)25-14-19-15-29-21(27-19)17-10-8-16(2)9-11-17/h8-11,15,18H,3-7,12-14H2,1-2H3,(H,26,28)(H2,23,24,25). The minimum Gasteiger partial charge on any atom is -0.444 e. The number of nitrogens with zero attached hydrogens (tertiary/aromatic N) is 2. The van der Waals surface area contributed by atoms with E-state index in [-0.39, 0.29) is 5.91 Å². The monoisotopic (exact) mass is 397 g/mol. The van der Waals surface area contributed by atoms with Crippen LogP contribution in [0.4, 0.5) is 0 Å². The largest absolute Gasteiger partial charge is 0.444 e. The Balaban J connectivity index is 1.48. The van der Waals surface area contributed by atoms with Gasteiger partial charge >= 0.3 is 0 Å². The van der Waals surface area contributed by atoms with E-state index in [1.165, 1.54) is 18.4 Å². The van der Waals surface area contributed by atoms with Gasteiger partial charge in [0.05, 0.1) is 6.54 Å². The molecule has 1 saturated carbocycles. The van der Waals surface area contributed by atoms with Crippen molar-refractivity contribution in [2.24, 2.45) is 4.99 Å². The number of benzene rings is 1. The van der Waals surface area contributed by atoms with Crippen LogP contribution in [0.3, 0.4) is 0 Å². The zero-order chi connectivity index (χ0) is 20.5. The fourth-order valence-electron chi connectivity index (χ4n) is 3.37. The number of oxazole rings is 1. The smallest absolute Gasteiger partial charge is 0.226 e. The molecule has 3 N–H and O–H groups in total. The van der Waals surface area contributed by atoms with Crippen LogP contribution in [0.15, 0.2) is 39.9 Å². The number of hydrogen-bond acceptors (Lipinski definition) is 4. The predicted octanol–water partition coefficient (Wildman–Crippen LogP) is 3.15. The highest BCUT2D eigenvalue weighted by Gasteiger charge is 2.16. The van der Waals surface area contributed by atoms with Crippen molar-refractivity contribution in [3.8, 4) is 11.5 Å². The molecule has 3 rings (SSSR count). The van der Waals surface area contributed by atoms with Gasteiger partial charge in [0.15, 0.2) is 5.96 Å². The number of guanidine groups is 1. The third-order valence-corrected chi connectivity index (χ3v) is 4.96. The van der Waals surface area contributed by atoms with Crippen LogP contribution >= 0.6 is 0 Å². The van der Waals surface area contributed by atoms with Crippen molar-refractivity contribution >= 4 is 11.9 Å². The van der Waals surface area contributed by atoms with Gasteiger partial charge in [-0.05, 0) is 38.8 Å². The van der Waals surface area contributed by atoms with Crippen molar-refractivity contribution in [1.82, 2.24) is 20.9 Å². The zero-order valence-corrected chi connectivity index (χ0v) is 17.3. The molecule has 1 aromatic carbocycles. The van der Waals surface area contributed by atoms with E-state index in [1.54, 1.807) is 6.26 Å². The minimum atomic E-state index is 0.0967. The molecule has 2 aromatic rings. The van der Waals surface area contributed by atoms with Crippen LogP contribution in [-0.2, 0) is 11.3 Å². The highest BCUT2D eigenvalue weighted by Crippen LogP contribution is 2.19. The van der Waals surface area contributed by atoms with Gasteiger partial charge in [0, 0.05) is 31.1 Å². The third-order valence-electron chi connectivity index (χ3n) is 4.96. The highest BCUT2D eigenvalue weighted by atomic mass is 16.3. The Morgan fingerprint density at radius 1 is 1.21 bits per heavy atom. The molecular formula is C22H31N5O2. The molecule has 0 atom stereocenters. The number of rotatable bonds is 8. The minimum absolute atomic E-state index is 0.0967. The molecule has 7 heteroatoms. The number of aryl methyl sites for hydroxylation is 1. The third kappa shape index (κ3) is 6.62. The molecule has 1 fully saturated rings. The fourth-order valence-corrected chi connectivity index (χ4v) is 3.37. The van der Waals surface area contributed by atoms with Crippen LogP contribution in [0, 0.1) is 6.92 Å². The number of carbonyl (C=O) groups excluding carboxylic acids is 1. The van der Waals surface area contributed by atoms with E-state index in [2.05, 4.69) is 25.9 Å². The summed E-state index contributed by atoms with van der Waals surface area (Å²) in [6, 6.07) is 8.42. The molecule has 0 spiro atoms. The Bertz CT molecular complexity index is 807. The van der Waals surface area contributed by atoms with E-state index >= 15 is 0 Å². The first-order valence-corrected chi connectivity index (χ1v) is 10.5. The topological polar surface area (TPSA) is 91.6 Å². The Morgan fingerprint density at radius 3 is 2.69 bits per heavy atom. The number of aromatic nitrogens is 1. The average molecular weight is 398 g/mol. The summed E-state index contributed by atoms with van der Waals surface area (Å²) in [4.78, 5) is 21.1. The van der Waals surface area contributed by atoms with Crippen LogP contribution in [0.5, 0.6) is 0 Å². The quantitative estimate of drug-likeness (QED) is 0.470. The maximum absolute atomic E-state index is 12.0. The van der Waals surface area contributed by atoms with Crippen LogP contribution in [-0.4, -0.2) is 36.0 Å². The zero-order valence-electron chi connectivity index (χ0n) is 17.3. The van der Waals surface area contributed by atoms with Crippen molar-refractivity contribution in [1.29, 1.82) is 0 Å². The molecule has 0 saturated heterocycles. The maximum Gasteiger partial charge on any atom is 0.226 e. The van der Waals surface area contributed by atoms with Crippen LogP contribution < -0.4 is 16.0 Å². The summed E-state index contributed by atoms with van der Waals surface area (Å²) in [7, 11) is 0. The van der Waals surface area contributed by atoms with E-state index in [0.29, 0.717) is 37.4 Å². The average Bonchev–Trinajstić information content (AvgIpc) is 3.39. The molecule has 1 aromatic heterocycles. The fraction of sp³-hybridized carbons (Fsp3) is 0.500. The molecule has 1 aliphatic carbocycles. The van der Waals surface area contributed by atoms with Gasteiger partial charge in [-0.1, -0.05) is 30.5 Å². The molecule has 1 aliphatic rings. The summed E-state index contributed by atoms with van der Waals surface area (Å²) >= 11 is 0. The van der Waals surface area contributed by atoms with Crippen LogP contribution in [0.25, 0.3) is 11.5 Å². The van der Waals surface area contributed by atoms with Crippen LogP contribution in [0.1, 0.15) is 50.3 Å².